The summed E-state index contributed by atoms with van der Waals surface area (Å²) in [7, 11) is 0. The second-order valence-electron chi connectivity index (χ2n) is 4.80. The Morgan fingerprint density at radius 2 is 2.12 bits per heavy atom. The molecule has 0 atom stereocenters. The molecule has 0 spiro atoms. The molecule has 16 heavy (non-hydrogen) atoms. The van der Waals surface area contributed by atoms with Crippen LogP contribution in [-0.4, -0.2) is 37.6 Å². The van der Waals surface area contributed by atoms with Gasteiger partial charge in [0.2, 0.25) is 0 Å². The number of unbranched alkanes of at least 4 members (excludes halogenated alkanes) is 2. The molecule has 1 fully saturated rings. The molecule has 1 aliphatic rings. The van der Waals surface area contributed by atoms with Gasteiger partial charge in [-0.15, -0.1) is 6.42 Å². The summed E-state index contributed by atoms with van der Waals surface area (Å²) in [6.45, 7) is 7.66. The first-order valence-corrected chi connectivity index (χ1v) is 6.73. The fraction of sp³-hybridized carbons (Fsp3) is 0.857. The van der Waals surface area contributed by atoms with Crippen LogP contribution in [0, 0.1) is 18.3 Å². The van der Waals surface area contributed by atoms with E-state index in [2.05, 4.69) is 23.1 Å². The molecule has 0 bridgehead atoms. The summed E-state index contributed by atoms with van der Waals surface area (Å²) in [6.07, 6.45) is 12.1. The highest BCUT2D eigenvalue weighted by Crippen LogP contribution is 2.29. The van der Waals surface area contributed by atoms with Crippen molar-refractivity contribution in [3.8, 4) is 12.3 Å². The van der Waals surface area contributed by atoms with Gasteiger partial charge in [-0.1, -0.05) is 19.3 Å². The van der Waals surface area contributed by atoms with E-state index in [-0.39, 0.29) is 0 Å². The molecule has 92 valence electrons. The van der Waals surface area contributed by atoms with E-state index in [1.165, 1.54) is 45.2 Å². The number of hydrogen-bond donors (Lipinski definition) is 1. The Morgan fingerprint density at radius 3 is 2.75 bits per heavy atom. The molecule has 2 nitrogen and oxygen atoms in total. The maximum absolute atomic E-state index is 5.39. The van der Waals surface area contributed by atoms with Crippen molar-refractivity contribution in [1.82, 2.24) is 10.2 Å². The van der Waals surface area contributed by atoms with Crippen molar-refractivity contribution >= 4 is 0 Å². The van der Waals surface area contributed by atoms with Crippen LogP contribution in [0.4, 0.5) is 0 Å². The SMILES string of the molecule is C#CCN(CCCCCNCC)CC1CC1. The van der Waals surface area contributed by atoms with Crippen LogP contribution in [0.15, 0.2) is 0 Å². The van der Waals surface area contributed by atoms with Gasteiger partial charge in [0.25, 0.3) is 0 Å². The van der Waals surface area contributed by atoms with Crippen LogP contribution in [0.25, 0.3) is 0 Å². The average Bonchev–Trinajstić information content (AvgIpc) is 3.07. The third-order valence-corrected chi connectivity index (χ3v) is 3.11. The molecule has 1 rings (SSSR count). The highest BCUT2D eigenvalue weighted by Gasteiger charge is 2.23. The number of nitrogens with one attached hydrogen (secondary N) is 1. The fourth-order valence-electron chi connectivity index (χ4n) is 1.97. The summed E-state index contributed by atoms with van der Waals surface area (Å²) in [5.41, 5.74) is 0. The summed E-state index contributed by atoms with van der Waals surface area (Å²) in [4.78, 5) is 2.45. The van der Waals surface area contributed by atoms with Crippen molar-refractivity contribution in [2.75, 3.05) is 32.7 Å². The lowest BCUT2D eigenvalue weighted by molar-refractivity contribution is 0.287. The normalized spacial score (nSPS) is 15.3. The minimum Gasteiger partial charge on any atom is -0.317 e. The van der Waals surface area contributed by atoms with Gasteiger partial charge in [-0.2, -0.15) is 0 Å². The number of hydrogen-bond acceptors (Lipinski definition) is 2. The van der Waals surface area contributed by atoms with E-state index in [0.29, 0.717) is 0 Å². The average molecular weight is 222 g/mol. The molecule has 0 aromatic heterocycles. The van der Waals surface area contributed by atoms with Crippen LogP contribution < -0.4 is 5.32 Å². The lowest BCUT2D eigenvalue weighted by Crippen LogP contribution is -2.27. The highest BCUT2D eigenvalue weighted by atomic mass is 15.1. The maximum atomic E-state index is 5.39. The molecule has 1 N–H and O–H groups in total. The van der Waals surface area contributed by atoms with Crippen LogP contribution in [0.1, 0.15) is 39.0 Å². The molecule has 1 saturated carbocycles. The van der Waals surface area contributed by atoms with Gasteiger partial charge in [0, 0.05) is 6.54 Å². The molecular weight excluding hydrogens is 196 g/mol. The van der Waals surface area contributed by atoms with Gasteiger partial charge in [-0.05, 0) is 51.2 Å². The lowest BCUT2D eigenvalue weighted by atomic mass is 10.2. The van der Waals surface area contributed by atoms with Gasteiger partial charge in [-0.25, -0.2) is 0 Å². The van der Waals surface area contributed by atoms with E-state index >= 15 is 0 Å². The van der Waals surface area contributed by atoms with Gasteiger partial charge in [-0.3, -0.25) is 4.90 Å². The Kier molecular flexibility index (Phi) is 7.29. The Hall–Kier alpha value is -0.520. The van der Waals surface area contributed by atoms with Crippen molar-refractivity contribution in [2.24, 2.45) is 5.92 Å². The van der Waals surface area contributed by atoms with Crippen molar-refractivity contribution in [2.45, 2.75) is 39.0 Å². The van der Waals surface area contributed by atoms with Gasteiger partial charge < -0.3 is 5.32 Å². The van der Waals surface area contributed by atoms with Gasteiger partial charge >= 0.3 is 0 Å². The maximum Gasteiger partial charge on any atom is 0.0599 e. The minimum absolute atomic E-state index is 0.837. The Morgan fingerprint density at radius 1 is 1.31 bits per heavy atom. The number of terminal acetylenes is 1. The van der Waals surface area contributed by atoms with Crippen LogP contribution in [0.3, 0.4) is 0 Å². The van der Waals surface area contributed by atoms with Crippen LogP contribution in [0.5, 0.6) is 0 Å². The zero-order chi connectivity index (χ0) is 11.6. The molecular formula is C14H26N2. The summed E-state index contributed by atoms with van der Waals surface area (Å²) in [5, 5.41) is 3.36. The Bertz CT molecular complexity index is 203. The summed E-state index contributed by atoms with van der Waals surface area (Å²) >= 11 is 0. The fourth-order valence-corrected chi connectivity index (χ4v) is 1.97. The molecule has 0 heterocycles. The molecule has 0 aromatic rings. The number of rotatable bonds is 10. The Balaban J connectivity index is 1.96. The topological polar surface area (TPSA) is 15.3 Å². The first-order chi connectivity index (χ1) is 7.86. The summed E-state index contributed by atoms with van der Waals surface area (Å²) in [5.74, 6) is 3.73. The van der Waals surface area contributed by atoms with Crippen molar-refractivity contribution in [3.05, 3.63) is 0 Å². The first kappa shape index (κ1) is 13.5. The highest BCUT2D eigenvalue weighted by molar-refractivity contribution is 4.90. The number of nitrogens with zero attached hydrogens (tertiary/aromatic N) is 1. The van der Waals surface area contributed by atoms with Crippen LogP contribution in [-0.2, 0) is 0 Å². The minimum atomic E-state index is 0.837. The summed E-state index contributed by atoms with van der Waals surface area (Å²) < 4.78 is 0. The second-order valence-corrected chi connectivity index (χ2v) is 4.80. The lowest BCUT2D eigenvalue weighted by Gasteiger charge is -2.19. The predicted octanol–water partition coefficient (Wildman–Crippen LogP) is 2.11. The zero-order valence-corrected chi connectivity index (χ0v) is 10.7. The van der Waals surface area contributed by atoms with Gasteiger partial charge in [0.1, 0.15) is 0 Å². The third kappa shape index (κ3) is 6.87. The standard InChI is InChI=1S/C14H26N2/c1-3-11-16(13-14-8-9-14)12-7-5-6-10-15-4-2/h1,14-15H,4-13H2,2H3. The Labute approximate surface area is 101 Å². The molecule has 0 aliphatic heterocycles. The third-order valence-electron chi connectivity index (χ3n) is 3.11. The van der Waals surface area contributed by atoms with E-state index < -0.39 is 0 Å². The first-order valence-electron chi connectivity index (χ1n) is 6.73. The van der Waals surface area contributed by atoms with E-state index in [1.807, 2.05) is 0 Å². The van der Waals surface area contributed by atoms with Crippen LogP contribution in [0.2, 0.25) is 0 Å². The second kappa shape index (κ2) is 8.61. The largest absolute Gasteiger partial charge is 0.317 e. The molecule has 0 radical (unpaired) electrons. The van der Waals surface area contributed by atoms with E-state index in [1.54, 1.807) is 0 Å². The zero-order valence-electron chi connectivity index (χ0n) is 10.7. The van der Waals surface area contributed by atoms with Gasteiger partial charge in [0.05, 0.1) is 6.54 Å². The summed E-state index contributed by atoms with van der Waals surface area (Å²) in [6, 6.07) is 0. The molecule has 0 amide bonds. The molecule has 0 saturated heterocycles. The molecule has 1 aliphatic carbocycles. The van der Waals surface area contributed by atoms with Crippen molar-refractivity contribution in [1.29, 1.82) is 0 Å². The molecule has 2 heteroatoms. The van der Waals surface area contributed by atoms with E-state index in [0.717, 1.165) is 25.6 Å². The van der Waals surface area contributed by atoms with E-state index in [4.69, 9.17) is 6.42 Å². The monoisotopic (exact) mass is 222 g/mol. The van der Waals surface area contributed by atoms with Crippen molar-refractivity contribution in [3.63, 3.8) is 0 Å². The molecule has 0 aromatic carbocycles. The predicted molar refractivity (Wildman–Crippen MR) is 70.4 cm³/mol. The van der Waals surface area contributed by atoms with Crippen LogP contribution >= 0.6 is 0 Å². The molecule has 0 unspecified atom stereocenters. The van der Waals surface area contributed by atoms with E-state index in [9.17, 15) is 0 Å². The quantitative estimate of drug-likeness (QED) is 0.450. The van der Waals surface area contributed by atoms with Gasteiger partial charge in [0.15, 0.2) is 0 Å². The smallest absolute Gasteiger partial charge is 0.0599 e. The van der Waals surface area contributed by atoms with Crippen molar-refractivity contribution < 1.29 is 0 Å².